The highest BCUT2D eigenvalue weighted by Gasteiger charge is 1.96. The fraction of sp³-hybridized carbons (Fsp3) is 0.800. The Bertz CT molecular complexity index is 143. The molecule has 0 aromatic heterocycles. The van der Waals surface area contributed by atoms with Crippen molar-refractivity contribution in [3.05, 3.63) is 0 Å². The Balaban J connectivity index is 2.91. The summed E-state index contributed by atoms with van der Waals surface area (Å²) in [7, 11) is 0. The van der Waals surface area contributed by atoms with Crippen LogP contribution in [0.2, 0.25) is 0 Å². The number of hydrogen-bond donors (Lipinski definition) is 1. The Morgan fingerprint density at radius 3 is 2.08 bits per heavy atom. The Hall–Kier alpha value is -0.860. The molecule has 0 aromatic rings. The zero-order valence-corrected chi connectivity index (χ0v) is 8.00. The number of carbonyl (C=O) groups is 2. The van der Waals surface area contributed by atoms with Gasteiger partial charge in [-0.25, -0.2) is 0 Å². The highest BCUT2D eigenvalue weighted by Crippen LogP contribution is 2.07. The van der Waals surface area contributed by atoms with E-state index >= 15 is 0 Å². The quantitative estimate of drug-likeness (QED) is 0.444. The predicted octanol–water partition coefficient (Wildman–Crippen LogP) is 2.39. The van der Waals surface area contributed by atoms with Gasteiger partial charge in [0.1, 0.15) is 6.29 Å². The van der Waals surface area contributed by atoms with Crippen LogP contribution in [0.25, 0.3) is 0 Å². The lowest BCUT2D eigenvalue weighted by Crippen LogP contribution is -1.93. The van der Waals surface area contributed by atoms with E-state index in [9.17, 15) is 9.59 Å². The van der Waals surface area contributed by atoms with Gasteiger partial charge in [0.25, 0.3) is 0 Å². The van der Waals surface area contributed by atoms with Crippen molar-refractivity contribution in [1.29, 1.82) is 0 Å². The summed E-state index contributed by atoms with van der Waals surface area (Å²) in [5.41, 5.74) is 0. The van der Waals surface area contributed by atoms with Crippen LogP contribution >= 0.6 is 0 Å². The van der Waals surface area contributed by atoms with Crippen molar-refractivity contribution in [2.45, 2.75) is 51.4 Å². The molecule has 0 radical (unpaired) electrons. The third-order valence-corrected chi connectivity index (χ3v) is 1.96. The molecule has 0 unspecified atom stereocenters. The van der Waals surface area contributed by atoms with Gasteiger partial charge in [-0.3, -0.25) is 4.79 Å². The van der Waals surface area contributed by atoms with Gasteiger partial charge in [0.05, 0.1) is 0 Å². The van der Waals surface area contributed by atoms with E-state index in [-0.39, 0.29) is 6.42 Å². The fourth-order valence-corrected chi connectivity index (χ4v) is 1.21. The summed E-state index contributed by atoms with van der Waals surface area (Å²) in [5.74, 6) is -0.707. The molecule has 0 rings (SSSR count). The predicted molar refractivity (Wildman–Crippen MR) is 50.6 cm³/mol. The van der Waals surface area contributed by atoms with Gasteiger partial charge in [-0.15, -0.1) is 0 Å². The average Bonchev–Trinajstić information content (AvgIpc) is 2.09. The summed E-state index contributed by atoms with van der Waals surface area (Å²) in [5, 5.41) is 8.35. The molecule has 0 aromatic carbocycles. The van der Waals surface area contributed by atoms with Crippen molar-refractivity contribution in [2.75, 3.05) is 0 Å². The molecule has 0 saturated heterocycles. The minimum absolute atomic E-state index is 0.286. The lowest BCUT2D eigenvalue weighted by Gasteiger charge is -1.98. The number of unbranched alkanes of at least 4 members (excludes halogenated alkanes) is 6. The number of rotatable bonds is 9. The van der Waals surface area contributed by atoms with Crippen LogP contribution in [-0.4, -0.2) is 17.4 Å². The maximum Gasteiger partial charge on any atom is 0.303 e. The van der Waals surface area contributed by atoms with E-state index in [0.29, 0.717) is 6.42 Å². The maximum atomic E-state index is 10.1. The van der Waals surface area contributed by atoms with Crippen LogP contribution in [0.3, 0.4) is 0 Å². The van der Waals surface area contributed by atoms with Gasteiger partial charge in [0.15, 0.2) is 0 Å². The minimum Gasteiger partial charge on any atom is -0.481 e. The van der Waals surface area contributed by atoms with E-state index in [1.54, 1.807) is 0 Å². The zero-order valence-electron chi connectivity index (χ0n) is 8.00. The van der Waals surface area contributed by atoms with E-state index in [2.05, 4.69) is 0 Å². The van der Waals surface area contributed by atoms with Crippen LogP contribution in [0, 0.1) is 0 Å². The molecule has 0 heterocycles. The van der Waals surface area contributed by atoms with Gasteiger partial charge in [-0.05, 0) is 12.8 Å². The molecule has 3 nitrogen and oxygen atoms in total. The summed E-state index contributed by atoms with van der Waals surface area (Å²) in [6.07, 6.45) is 7.94. The van der Waals surface area contributed by atoms with E-state index in [0.717, 1.165) is 44.8 Å². The lowest BCUT2D eigenvalue weighted by molar-refractivity contribution is -0.137. The second-order valence-electron chi connectivity index (χ2n) is 3.22. The monoisotopic (exact) mass is 186 g/mol. The van der Waals surface area contributed by atoms with Gasteiger partial charge in [0, 0.05) is 12.8 Å². The number of aliphatic carboxylic acids is 1. The summed E-state index contributed by atoms with van der Waals surface area (Å²) < 4.78 is 0. The molecule has 13 heavy (non-hydrogen) atoms. The molecule has 0 atom stereocenters. The fourth-order valence-electron chi connectivity index (χ4n) is 1.21. The van der Waals surface area contributed by atoms with Crippen LogP contribution in [0.15, 0.2) is 0 Å². The largest absolute Gasteiger partial charge is 0.481 e. The van der Waals surface area contributed by atoms with E-state index in [1.165, 1.54) is 0 Å². The molecule has 0 spiro atoms. The van der Waals surface area contributed by atoms with Gasteiger partial charge in [0.2, 0.25) is 0 Å². The molecule has 1 N–H and O–H groups in total. The van der Waals surface area contributed by atoms with Crippen LogP contribution in [0.5, 0.6) is 0 Å². The third kappa shape index (κ3) is 11.1. The Kier molecular flexibility index (Phi) is 8.62. The molecule has 0 aliphatic heterocycles. The zero-order chi connectivity index (χ0) is 9.94. The normalized spacial score (nSPS) is 9.85. The smallest absolute Gasteiger partial charge is 0.303 e. The van der Waals surface area contributed by atoms with Gasteiger partial charge >= 0.3 is 5.97 Å². The SMILES string of the molecule is O=CCCCCCCCCC(=O)O. The second kappa shape index (κ2) is 9.23. The first kappa shape index (κ1) is 12.1. The van der Waals surface area contributed by atoms with Crippen molar-refractivity contribution in [1.82, 2.24) is 0 Å². The first-order valence-electron chi connectivity index (χ1n) is 4.93. The van der Waals surface area contributed by atoms with Crippen LogP contribution in [-0.2, 0) is 9.59 Å². The van der Waals surface area contributed by atoms with Crippen molar-refractivity contribution in [3.8, 4) is 0 Å². The molecular weight excluding hydrogens is 168 g/mol. The first-order chi connectivity index (χ1) is 6.27. The number of carboxylic acids is 1. The van der Waals surface area contributed by atoms with Gasteiger partial charge in [-0.1, -0.05) is 25.7 Å². The van der Waals surface area contributed by atoms with Crippen LogP contribution < -0.4 is 0 Å². The Labute approximate surface area is 79.1 Å². The Morgan fingerprint density at radius 1 is 1.00 bits per heavy atom. The van der Waals surface area contributed by atoms with Crippen molar-refractivity contribution < 1.29 is 14.7 Å². The molecular formula is C10H18O3. The molecule has 0 aliphatic rings. The van der Waals surface area contributed by atoms with Crippen LogP contribution in [0.4, 0.5) is 0 Å². The molecule has 0 bridgehead atoms. The van der Waals surface area contributed by atoms with E-state index in [4.69, 9.17) is 5.11 Å². The van der Waals surface area contributed by atoms with Crippen molar-refractivity contribution in [2.24, 2.45) is 0 Å². The second-order valence-corrected chi connectivity index (χ2v) is 3.22. The lowest BCUT2D eigenvalue weighted by atomic mass is 10.1. The van der Waals surface area contributed by atoms with Gasteiger partial charge < -0.3 is 9.90 Å². The third-order valence-electron chi connectivity index (χ3n) is 1.96. The topological polar surface area (TPSA) is 54.4 Å². The van der Waals surface area contributed by atoms with E-state index in [1.807, 2.05) is 0 Å². The first-order valence-corrected chi connectivity index (χ1v) is 4.93. The van der Waals surface area contributed by atoms with E-state index < -0.39 is 5.97 Å². The number of hydrogen-bond acceptors (Lipinski definition) is 2. The molecule has 0 saturated carbocycles. The summed E-state index contributed by atoms with van der Waals surface area (Å²) >= 11 is 0. The summed E-state index contributed by atoms with van der Waals surface area (Å²) in [6.45, 7) is 0. The summed E-state index contributed by atoms with van der Waals surface area (Å²) in [4.78, 5) is 20.1. The highest BCUT2D eigenvalue weighted by atomic mass is 16.4. The summed E-state index contributed by atoms with van der Waals surface area (Å²) in [6, 6.07) is 0. The van der Waals surface area contributed by atoms with Crippen LogP contribution in [0.1, 0.15) is 51.4 Å². The number of carbonyl (C=O) groups excluding carboxylic acids is 1. The van der Waals surface area contributed by atoms with Crippen molar-refractivity contribution >= 4 is 12.3 Å². The molecule has 0 amide bonds. The minimum atomic E-state index is -0.707. The van der Waals surface area contributed by atoms with Crippen molar-refractivity contribution in [3.63, 3.8) is 0 Å². The number of aldehydes is 1. The van der Waals surface area contributed by atoms with Gasteiger partial charge in [-0.2, -0.15) is 0 Å². The molecule has 0 fully saturated rings. The standard InChI is InChI=1S/C10H18O3/c11-9-7-5-3-1-2-4-6-8-10(12)13/h9H,1-8H2,(H,12,13). The number of carboxylic acid groups (broad SMARTS) is 1. The Morgan fingerprint density at radius 2 is 1.54 bits per heavy atom. The molecule has 76 valence electrons. The molecule has 0 aliphatic carbocycles. The maximum absolute atomic E-state index is 10.1. The average molecular weight is 186 g/mol. The highest BCUT2D eigenvalue weighted by molar-refractivity contribution is 5.66. The molecule has 3 heteroatoms.